The van der Waals surface area contributed by atoms with Crippen molar-refractivity contribution in [1.29, 1.82) is 0 Å². The third-order valence-electron chi connectivity index (χ3n) is 4.29. The summed E-state index contributed by atoms with van der Waals surface area (Å²) in [5.41, 5.74) is 6.55. The van der Waals surface area contributed by atoms with Crippen molar-refractivity contribution in [3.63, 3.8) is 0 Å². The lowest BCUT2D eigenvalue weighted by atomic mass is 10.2. The Morgan fingerprint density at radius 1 is 1.31 bits per heavy atom. The molecule has 3 N–H and O–H groups in total. The highest BCUT2D eigenvalue weighted by Crippen LogP contribution is 2.20. The van der Waals surface area contributed by atoms with E-state index in [1.165, 1.54) is 6.07 Å². The number of ether oxygens (including phenoxy) is 1. The Bertz CT molecular complexity index is 552. The lowest BCUT2D eigenvalue weighted by Gasteiger charge is -2.36. The van der Waals surface area contributed by atoms with Crippen LogP contribution >= 0.6 is 24.0 Å². The number of hydrogen-bond donors (Lipinski definition) is 2. The predicted octanol–water partition coefficient (Wildman–Crippen LogP) is 1.90. The summed E-state index contributed by atoms with van der Waals surface area (Å²) in [6.45, 7) is 7.86. The van der Waals surface area contributed by atoms with Crippen LogP contribution in [0.15, 0.2) is 29.3 Å². The summed E-state index contributed by atoms with van der Waals surface area (Å²) in [7, 11) is 1.66. The molecule has 148 valence electrons. The molecule has 1 aromatic carbocycles. The second-order valence-electron chi connectivity index (χ2n) is 6.40. The number of hydrogen-bond acceptors (Lipinski definition) is 4. The number of methoxy groups -OCH3 is 1. The molecule has 6 nitrogen and oxygen atoms in total. The molecule has 1 heterocycles. The van der Waals surface area contributed by atoms with Crippen LogP contribution in [0.2, 0.25) is 0 Å². The molecular weight excluding hydrogens is 448 g/mol. The minimum Gasteiger partial charge on any atom is -0.383 e. The lowest BCUT2D eigenvalue weighted by molar-refractivity contribution is 0.179. The van der Waals surface area contributed by atoms with E-state index in [4.69, 9.17) is 10.5 Å². The summed E-state index contributed by atoms with van der Waals surface area (Å²) < 4.78 is 18.9. The zero-order valence-electron chi connectivity index (χ0n) is 15.7. The molecule has 0 aliphatic carbocycles. The van der Waals surface area contributed by atoms with Gasteiger partial charge in [0.2, 0.25) is 0 Å². The quantitative estimate of drug-likeness (QED) is 0.258. The van der Waals surface area contributed by atoms with Gasteiger partial charge >= 0.3 is 0 Å². The maximum Gasteiger partial charge on any atom is 0.188 e. The van der Waals surface area contributed by atoms with E-state index in [0.717, 1.165) is 39.1 Å². The maximum atomic E-state index is 13.8. The molecule has 0 spiro atoms. The number of rotatable bonds is 8. The smallest absolute Gasteiger partial charge is 0.188 e. The van der Waals surface area contributed by atoms with E-state index < -0.39 is 0 Å². The van der Waals surface area contributed by atoms with E-state index in [1.54, 1.807) is 13.2 Å². The van der Waals surface area contributed by atoms with Crippen LogP contribution in [0.3, 0.4) is 0 Å². The minimum atomic E-state index is -0.143. The van der Waals surface area contributed by atoms with Gasteiger partial charge in [0.05, 0.1) is 12.3 Å². The van der Waals surface area contributed by atoms with Crippen LogP contribution in [0.1, 0.15) is 13.3 Å². The molecule has 8 heteroatoms. The summed E-state index contributed by atoms with van der Waals surface area (Å²) >= 11 is 0. The monoisotopic (exact) mass is 479 g/mol. The molecule has 1 aromatic rings. The van der Waals surface area contributed by atoms with Crippen molar-refractivity contribution in [1.82, 2.24) is 10.2 Å². The van der Waals surface area contributed by atoms with Gasteiger partial charge in [0.1, 0.15) is 5.82 Å². The molecular formula is C18H31FIN5O. The van der Waals surface area contributed by atoms with Gasteiger partial charge in [-0.05, 0) is 25.5 Å². The number of para-hydroxylation sites is 1. The molecule has 26 heavy (non-hydrogen) atoms. The van der Waals surface area contributed by atoms with Gasteiger partial charge in [0, 0.05) is 52.4 Å². The summed E-state index contributed by atoms with van der Waals surface area (Å²) in [6.07, 6.45) is 0.959. The average Bonchev–Trinajstić information content (AvgIpc) is 2.60. The molecule has 1 aliphatic heterocycles. The maximum absolute atomic E-state index is 13.8. The number of benzene rings is 1. The first-order valence-electron chi connectivity index (χ1n) is 8.87. The topological polar surface area (TPSA) is 66.1 Å². The Morgan fingerprint density at radius 2 is 2.00 bits per heavy atom. The molecule has 0 radical (unpaired) electrons. The third-order valence-corrected chi connectivity index (χ3v) is 4.29. The van der Waals surface area contributed by atoms with Crippen LogP contribution in [-0.4, -0.2) is 69.9 Å². The lowest BCUT2D eigenvalue weighted by Crippen LogP contribution is -2.47. The summed E-state index contributed by atoms with van der Waals surface area (Å²) in [4.78, 5) is 8.85. The summed E-state index contributed by atoms with van der Waals surface area (Å²) in [5, 5.41) is 3.10. The summed E-state index contributed by atoms with van der Waals surface area (Å²) in [5.74, 6) is 0.324. The molecule has 0 saturated carbocycles. The summed E-state index contributed by atoms with van der Waals surface area (Å²) in [6, 6.07) is 7.13. The number of anilines is 1. The number of guanidine groups is 1. The van der Waals surface area contributed by atoms with Gasteiger partial charge in [-0.1, -0.05) is 12.1 Å². The van der Waals surface area contributed by atoms with Gasteiger partial charge in [-0.15, -0.1) is 24.0 Å². The van der Waals surface area contributed by atoms with Gasteiger partial charge in [-0.3, -0.25) is 9.89 Å². The van der Waals surface area contributed by atoms with Gasteiger partial charge in [0.25, 0.3) is 0 Å². The van der Waals surface area contributed by atoms with E-state index >= 15 is 0 Å². The van der Waals surface area contributed by atoms with Gasteiger partial charge in [-0.2, -0.15) is 0 Å². The van der Waals surface area contributed by atoms with Crippen molar-refractivity contribution in [2.24, 2.45) is 10.7 Å². The Hall–Kier alpha value is -1.13. The highest BCUT2D eigenvalue weighted by atomic mass is 127. The van der Waals surface area contributed by atoms with E-state index in [1.807, 2.05) is 19.1 Å². The SMILES string of the molecule is COCC(C)NC(N)=NCCCN1CCN(c2ccccc2F)CC1.I. The molecule has 0 amide bonds. The van der Waals surface area contributed by atoms with Crippen molar-refractivity contribution in [2.75, 3.05) is 57.9 Å². The van der Waals surface area contributed by atoms with Crippen LogP contribution in [0, 0.1) is 5.82 Å². The highest BCUT2D eigenvalue weighted by Gasteiger charge is 2.18. The molecule has 1 unspecified atom stereocenters. The molecule has 2 rings (SSSR count). The van der Waals surface area contributed by atoms with Crippen molar-refractivity contribution in [2.45, 2.75) is 19.4 Å². The Balaban J connectivity index is 0.00000338. The first-order chi connectivity index (χ1) is 12.1. The van der Waals surface area contributed by atoms with Crippen molar-refractivity contribution >= 4 is 35.6 Å². The number of halogens is 2. The van der Waals surface area contributed by atoms with Gasteiger partial charge < -0.3 is 20.7 Å². The number of aliphatic imine (C=N–C) groups is 1. The molecule has 1 atom stereocenters. The normalized spacial score (nSPS) is 16.9. The van der Waals surface area contributed by atoms with Gasteiger partial charge in [0.15, 0.2) is 5.96 Å². The molecule has 1 aliphatic rings. The van der Waals surface area contributed by atoms with E-state index in [9.17, 15) is 4.39 Å². The Kier molecular flexibility index (Phi) is 10.8. The number of nitrogens with zero attached hydrogens (tertiary/aromatic N) is 3. The molecule has 0 aromatic heterocycles. The van der Waals surface area contributed by atoms with Crippen LogP contribution in [-0.2, 0) is 4.74 Å². The fourth-order valence-electron chi connectivity index (χ4n) is 3.00. The Morgan fingerprint density at radius 3 is 2.65 bits per heavy atom. The van der Waals surface area contributed by atoms with Gasteiger partial charge in [-0.25, -0.2) is 4.39 Å². The van der Waals surface area contributed by atoms with Crippen LogP contribution in [0.4, 0.5) is 10.1 Å². The number of nitrogens with two attached hydrogens (primary N) is 1. The largest absolute Gasteiger partial charge is 0.383 e. The van der Waals surface area contributed by atoms with E-state index in [-0.39, 0.29) is 35.8 Å². The molecule has 0 bridgehead atoms. The van der Waals surface area contributed by atoms with Crippen molar-refractivity contribution in [3.8, 4) is 0 Å². The van der Waals surface area contributed by atoms with Crippen LogP contribution in [0.25, 0.3) is 0 Å². The fourth-order valence-corrected chi connectivity index (χ4v) is 3.00. The Labute approximate surface area is 173 Å². The van der Waals surface area contributed by atoms with Crippen molar-refractivity contribution < 1.29 is 9.13 Å². The second-order valence-corrected chi connectivity index (χ2v) is 6.40. The van der Waals surface area contributed by atoms with Crippen LogP contribution in [0.5, 0.6) is 0 Å². The zero-order valence-corrected chi connectivity index (χ0v) is 18.0. The van der Waals surface area contributed by atoms with Crippen molar-refractivity contribution in [3.05, 3.63) is 30.1 Å². The van der Waals surface area contributed by atoms with Crippen LogP contribution < -0.4 is 16.0 Å². The minimum absolute atomic E-state index is 0. The highest BCUT2D eigenvalue weighted by molar-refractivity contribution is 14.0. The zero-order chi connectivity index (χ0) is 18.1. The molecule has 1 saturated heterocycles. The third kappa shape index (κ3) is 7.63. The number of piperazine rings is 1. The second kappa shape index (κ2) is 12.3. The number of nitrogens with one attached hydrogen (secondary N) is 1. The first kappa shape index (κ1) is 22.9. The van der Waals surface area contributed by atoms with E-state index in [0.29, 0.717) is 24.8 Å². The molecule has 1 fully saturated rings. The predicted molar refractivity (Wildman–Crippen MR) is 116 cm³/mol. The average molecular weight is 479 g/mol. The standard InChI is InChI=1S/C18H30FN5O.HI/c1-15(14-25-2)22-18(20)21-8-5-9-23-10-12-24(13-11-23)17-7-4-3-6-16(17)19;/h3-4,6-7,15H,5,8-14H2,1-2H3,(H3,20,21,22);1H. The van der Waals surface area contributed by atoms with E-state index in [2.05, 4.69) is 20.1 Å². The fraction of sp³-hybridized carbons (Fsp3) is 0.611. The first-order valence-corrected chi connectivity index (χ1v) is 8.87.